The molecule has 2 aromatic rings. The molecule has 2 rings (SSSR count). The molecular weight excluding hydrogens is 296 g/mol. The summed E-state index contributed by atoms with van der Waals surface area (Å²) in [5, 5.41) is 0.288. The van der Waals surface area contributed by atoms with E-state index >= 15 is 0 Å². The number of benzene rings is 1. The van der Waals surface area contributed by atoms with Gasteiger partial charge in [0.2, 0.25) is 0 Å². The Morgan fingerprint density at radius 1 is 1.38 bits per heavy atom. The van der Waals surface area contributed by atoms with Crippen molar-refractivity contribution < 1.29 is 8.81 Å². The molecule has 0 saturated carbocycles. The van der Waals surface area contributed by atoms with Crippen molar-refractivity contribution in [1.82, 2.24) is 0 Å². The first-order chi connectivity index (χ1) is 7.61. The second-order valence-corrected chi connectivity index (χ2v) is 4.51. The number of hydrogen-bond donors (Lipinski definition) is 1. The average Bonchev–Trinajstić information content (AvgIpc) is 2.64. The average molecular weight is 305 g/mol. The van der Waals surface area contributed by atoms with E-state index in [4.69, 9.17) is 21.8 Å². The van der Waals surface area contributed by atoms with E-state index in [0.29, 0.717) is 10.2 Å². The lowest BCUT2D eigenvalue weighted by molar-refractivity contribution is 0.478. The van der Waals surface area contributed by atoms with Crippen LogP contribution in [0.25, 0.3) is 0 Å². The highest BCUT2D eigenvalue weighted by Crippen LogP contribution is 2.32. The van der Waals surface area contributed by atoms with E-state index in [1.807, 2.05) is 0 Å². The van der Waals surface area contributed by atoms with E-state index in [2.05, 4.69) is 15.9 Å². The van der Waals surface area contributed by atoms with Gasteiger partial charge in [-0.25, -0.2) is 4.39 Å². The Hall–Kier alpha value is -0.840. The van der Waals surface area contributed by atoms with E-state index in [9.17, 15) is 4.39 Å². The zero-order valence-electron chi connectivity index (χ0n) is 8.08. The molecule has 5 heteroatoms. The van der Waals surface area contributed by atoms with Gasteiger partial charge in [0.15, 0.2) is 0 Å². The van der Waals surface area contributed by atoms with Gasteiger partial charge in [-0.05, 0) is 34.1 Å². The van der Waals surface area contributed by atoms with Crippen LogP contribution in [0.4, 0.5) is 4.39 Å². The van der Waals surface area contributed by atoms with Gasteiger partial charge in [0.05, 0.1) is 16.8 Å². The maximum absolute atomic E-state index is 13.6. The summed E-state index contributed by atoms with van der Waals surface area (Å²) in [5.41, 5.74) is 6.15. The zero-order chi connectivity index (χ0) is 11.7. The lowest BCUT2D eigenvalue weighted by Gasteiger charge is -2.12. The highest BCUT2D eigenvalue weighted by molar-refractivity contribution is 9.10. The molecule has 0 fully saturated rings. The van der Waals surface area contributed by atoms with Crippen LogP contribution in [0.15, 0.2) is 39.4 Å². The Bertz CT molecular complexity index is 494. The standard InChI is InChI=1S/C11H8BrClFNO/c12-6-4-5-16-11(6)10(15)9-7(13)2-1-3-8(9)14/h1-5,10H,15H2. The van der Waals surface area contributed by atoms with E-state index in [0.717, 1.165) is 0 Å². The van der Waals surface area contributed by atoms with Crippen molar-refractivity contribution in [1.29, 1.82) is 0 Å². The number of nitrogens with two attached hydrogens (primary N) is 1. The topological polar surface area (TPSA) is 39.2 Å². The molecule has 0 aliphatic rings. The summed E-state index contributed by atoms with van der Waals surface area (Å²) in [4.78, 5) is 0. The largest absolute Gasteiger partial charge is 0.466 e. The lowest BCUT2D eigenvalue weighted by atomic mass is 10.0. The predicted molar refractivity (Wildman–Crippen MR) is 63.8 cm³/mol. The molecule has 1 heterocycles. The highest BCUT2D eigenvalue weighted by Gasteiger charge is 2.21. The third kappa shape index (κ3) is 2.00. The molecule has 0 radical (unpaired) electrons. The molecule has 2 nitrogen and oxygen atoms in total. The van der Waals surface area contributed by atoms with Crippen molar-refractivity contribution in [2.75, 3.05) is 0 Å². The molecular formula is C11H8BrClFNO. The van der Waals surface area contributed by atoms with E-state index < -0.39 is 11.9 Å². The first-order valence-electron chi connectivity index (χ1n) is 4.53. The van der Waals surface area contributed by atoms with Gasteiger partial charge in [0, 0.05) is 10.6 Å². The Morgan fingerprint density at radius 2 is 2.12 bits per heavy atom. The Balaban J connectivity index is 2.49. The monoisotopic (exact) mass is 303 g/mol. The summed E-state index contributed by atoms with van der Waals surface area (Å²) in [7, 11) is 0. The van der Waals surface area contributed by atoms with Gasteiger partial charge in [-0.15, -0.1) is 0 Å². The summed E-state index contributed by atoms with van der Waals surface area (Å²) >= 11 is 9.19. The summed E-state index contributed by atoms with van der Waals surface area (Å²) in [6, 6.07) is 5.42. The molecule has 0 amide bonds. The SMILES string of the molecule is NC(c1occc1Br)c1c(F)cccc1Cl. The third-order valence-corrected chi connectivity index (χ3v) is 3.22. The number of halogens is 3. The van der Waals surface area contributed by atoms with E-state index in [1.165, 1.54) is 18.4 Å². The van der Waals surface area contributed by atoms with Crippen molar-refractivity contribution in [3.8, 4) is 0 Å². The second kappa shape index (κ2) is 4.57. The summed E-state index contributed by atoms with van der Waals surface area (Å²) in [6.07, 6.45) is 1.48. The van der Waals surface area contributed by atoms with Crippen molar-refractivity contribution in [2.45, 2.75) is 6.04 Å². The normalized spacial score (nSPS) is 12.8. The Morgan fingerprint density at radius 3 is 2.69 bits per heavy atom. The molecule has 0 aliphatic carbocycles. The van der Waals surface area contributed by atoms with E-state index in [-0.39, 0.29) is 10.6 Å². The molecule has 1 unspecified atom stereocenters. The fourth-order valence-corrected chi connectivity index (χ4v) is 2.19. The molecule has 2 N–H and O–H groups in total. The van der Waals surface area contributed by atoms with Crippen molar-refractivity contribution in [3.63, 3.8) is 0 Å². The third-order valence-electron chi connectivity index (χ3n) is 2.24. The molecule has 84 valence electrons. The molecule has 1 aromatic heterocycles. The maximum Gasteiger partial charge on any atom is 0.139 e. The van der Waals surface area contributed by atoms with Crippen LogP contribution < -0.4 is 5.73 Å². The maximum atomic E-state index is 13.6. The molecule has 0 bridgehead atoms. The van der Waals surface area contributed by atoms with Crippen LogP contribution in [-0.2, 0) is 0 Å². The van der Waals surface area contributed by atoms with Gasteiger partial charge >= 0.3 is 0 Å². The zero-order valence-corrected chi connectivity index (χ0v) is 10.4. The van der Waals surface area contributed by atoms with Gasteiger partial charge in [0.1, 0.15) is 11.6 Å². The van der Waals surface area contributed by atoms with Gasteiger partial charge in [0.25, 0.3) is 0 Å². The van der Waals surface area contributed by atoms with Gasteiger partial charge in [-0.2, -0.15) is 0 Å². The molecule has 1 atom stereocenters. The molecule has 0 spiro atoms. The van der Waals surface area contributed by atoms with Crippen molar-refractivity contribution >= 4 is 27.5 Å². The Kier molecular flexibility index (Phi) is 3.33. The predicted octanol–water partition coefficient (Wildman–Crippen LogP) is 3.88. The minimum absolute atomic E-state index is 0.236. The summed E-state index contributed by atoms with van der Waals surface area (Å²) < 4.78 is 19.5. The highest BCUT2D eigenvalue weighted by atomic mass is 79.9. The fourth-order valence-electron chi connectivity index (χ4n) is 1.47. The van der Waals surface area contributed by atoms with E-state index in [1.54, 1.807) is 12.1 Å². The minimum atomic E-state index is -0.724. The van der Waals surface area contributed by atoms with Crippen LogP contribution >= 0.6 is 27.5 Å². The fraction of sp³-hybridized carbons (Fsp3) is 0.0909. The van der Waals surface area contributed by atoms with Crippen LogP contribution in [0, 0.1) is 5.82 Å². The molecule has 0 saturated heterocycles. The van der Waals surface area contributed by atoms with Crippen LogP contribution in [0.3, 0.4) is 0 Å². The summed E-state index contributed by atoms with van der Waals surface area (Å²) in [6.45, 7) is 0. The Labute approximate surface area is 105 Å². The van der Waals surface area contributed by atoms with Gasteiger partial charge in [-0.1, -0.05) is 17.7 Å². The van der Waals surface area contributed by atoms with Crippen LogP contribution in [0.2, 0.25) is 5.02 Å². The van der Waals surface area contributed by atoms with Crippen molar-refractivity contribution in [2.24, 2.45) is 5.73 Å². The van der Waals surface area contributed by atoms with Crippen LogP contribution in [-0.4, -0.2) is 0 Å². The minimum Gasteiger partial charge on any atom is -0.466 e. The second-order valence-electron chi connectivity index (χ2n) is 3.25. The first kappa shape index (κ1) is 11.6. The molecule has 16 heavy (non-hydrogen) atoms. The van der Waals surface area contributed by atoms with Crippen molar-refractivity contribution in [3.05, 3.63) is 57.2 Å². The van der Waals surface area contributed by atoms with Gasteiger partial charge in [-0.3, -0.25) is 0 Å². The van der Waals surface area contributed by atoms with Crippen LogP contribution in [0.1, 0.15) is 17.4 Å². The number of furan rings is 1. The quantitative estimate of drug-likeness (QED) is 0.914. The number of hydrogen-bond acceptors (Lipinski definition) is 2. The molecule has 1 aromatic carbocycles. The first-order valence-corrected chi connectivity index (χ1v) is 5.70. The molecule has 0 aliphatic heterocycles. The van der Waals surface area contributed by atoms with Crippen LogP contribution in [0.5, 0.6) is 0 Å². The lowest BCUT2D eigenvalue weighted by Crippen LogP contribution is -2.14. The summed E-state index contributed by atoms with van der Waals surface area (Å²) in [5.74, 6) is 0.00954. The number of rotatable bonds is 2. The van der Waals surface area contributed by atoms with Gasteiger partial charge < -0.3 is 10.2 Å². The smallest absolute Gasteiger partial charge is 0.139 e.